The molecule has 1 amide bonds. The molecule has 1 atom stereocenters. The largest absolute Gasteiger partial charge is 0.363 e. The number of anilines is 1. The Morgan fingerprint density at radius 3 is 2.92 bits per heavy atom. The summed E-state index contributed by atoms with van der Waals surface area (Å²) in [6.45, 7) is 4.83. The maximum absolute atomic E-state index is 12.8. The molecule has 7 nitrogen and oxygen atoms in total. The van der Waals surface area contributed by atoms with E-state index in [1.807, 2.05) is 50.0 Å². The van der Waals surface area contributed by atoms with Crippen molar-refractivity contribution in [2.24, 2.45) is 0 Å². The van der Waals surface area contributed by atoms with Crippen LogP contribution in [0.3, 0.4) is 0 Å². The SMILES string of the molecule is CC(C)c1noc(CCC(=O)N2CCCC2c2ccnc(N(C)C)c2)n1. The lowest BCUT2D eigenvalue weighted by Gasteiger charge is -2.25. The quantitative estimate of drug-likeness (QED) is 0.791. The summed E-state index contributed by atoms with van der Waals surface area (Å²) in [5, 5.41) is 3.96. The third-order valence-electron chi connectivity index (χ3n) is 4.74. The molecule has 1 fully saturated rings. The fourth-order valence-corrected chi connectivity index (χ4v) is 3.26. The highest BCUT2D eigenvalue weighted by atomic mass is 16.5. The second-order valence-corrected chi connectivity index (χ2v) is 7.29. The van der Waals surface area contributed by atoms with Gasteiger partial charge in [0, 0.05) is 45.6 Å². The van der Waals surface area contributed by atoms with Gasteiger partial charge in [-0.1, -0.05) is 19.0 Å². The Morgan fingerprint density at radius 1 is 1.42 bits per heavy atom. The Kier molecular flexibility index (Phi) is 5.54. The smallest absolute Gasteiger partial charge is 0.227 e. The monoisotopic (exact) mass is 357 g/mol. The number of hydrogen-bond acceptors (Lipinski definition) is 6. The molecule has 0 N–H and O–H groups in total. The minimum atomic E-state index is 0.123. The van der Waals surface area contributed by atoms with Crippen molar-refractivity contribution >= 4 is 11.7 Å². The molecule has 7 heteroatoms. The molecule has 26 heavy (non-hydrogen) atoms. The van der Waals surface area contributed by atoms with Crippen molar-refractivity contribution in [1.29, 1.82) is 0 Å². The van der Waals surface area contributed by atoms with Crippen molar-refractivity contribution in [3.05, 3.63) is 35.6 Å². The highest BCUT2D eigenvalue weighted by Crippen LogP contribution is 2.33. The number of hydrogen-bond donors (Lipinski definition) is 0. The van der Waals surface area contributed by atoms with E-state index in [-0.39, 0.29) is 17.9 Å². The van der Waals surface area contributed by atoms with Gasteiger partial charge in [-0.15, -0.1) is 0 Å². The molecule has 0 bridgehead atoms. The number of pyridine rings is 1. The van der Waals surface area contributed by atoms with Crippen LogP contribution in [-0.2, 0) is 11.2 Å². The lowest BCUT2D eigenvalue weighted by Crippen LogP contribution is -2.30. The van der Waals surface area contributed by atoms with Crippen molar-refractivity contribution in [1.82, 2.24) is 20.0 Å². The molecule has 140 valence electrons. The van der Waals surface area contributed by atoms with Gasteiger partial charge in [-0.05, 0) is 30.5 Å². The molecule has 0 spiro atoms. The van der Waals surface area contributed by atoms with Crippen molar-refractivity contribution in [2.75, 3.05) is 25.5 Å². The Labute approximate surface area is 154 Å². The lowest BCUT2D eigenvalue weighted by atomic mass is 10.1. The predicted molar refractivity (Wildman–Crippen MR) is 99.0 cm³/mol. The van der Waals surface area contributed by atoms with Gasteiger partial charge in [0.25, 0.3) is 0 Å². The number of amides is 1. The number of nitrogens with zero attached hydrogens (tertiary/aromatic N) is 5. The molecule has 1 unspecified atom stereocenters. The summed E-state index contributed by atoms with van der Waals surface area (Å²) in [6.07, 6.45) is 4.70. The summed E-state index contributed by atoms with van der Waals surface area (Å²) in [7, 11) is 3.94. The first-order chi connectivity index (χ1) is 12.5. The number of aryl methyl sites for hydroxylation is 1. The van der Waals surface area contributed by atoms with Gasteiger partial charge in [-0.25, -0.2) is 4.98 Å². The van der Waals surface area contributed by atoms with E-state index in [0.29, 0.717) is 24.6 Å². The fraction of sp³-hybridized carbons (Fsp3) is 0.579. The number of likely N-dealkylation sites (tertiary alicyclic amines) is 1. The highest BCUT2D eigenvalue weighted by molar-refractivity contribution is 5.77. The van der Waals surface area contributed by atoms with Gasteiger partial charge < -0.3 is 14.3 Å². The molecular formula is C19H27N5O2. The molecule has 0 saturated carbocycles. The Bertz CT molecular complexity index is 756. The van der Waals surface area contributed by atoms with Crippen LogP contribution in [0.4, 0.5) is 5.82 Å². The molecular weight excluding hydrogens is 330 g/mol. The number of rotatable bonds is 6. The molecule has 3 rings (SSSR count). The van der Waals surface area contributed by atoms with Crippen LogP contribution in [-0.4, -0.2) is 46.6 Å². The lowest BCUT2D eigenvalue weighted by molar-refractivity contribution is -0.132. The Hall–Kier alpha value is -2.44. The fourth-order valence-electron chi connectivity index (χ4n) is 3.26. The van der Waals surface area contributed by atoms with Gasteiger partial charge in [0.05, 0.1) is 6.04 Å². The van der Waals surface area contributed by atoms with Crippen molar-refractivity contribution in [3.8, 4) is 0 Å². The van der Waals surface area contributed by atoms with Crippen LogP contribution >= 0.6 is 0 Å². The molecule has 2 aromatic rings. The van der Waals surface area contributed by atoms with Gasteiger partial charge in [-0.3, -0.25) is 4.79 Å². The average Bonchev–Trinajstić information content (AvgIpc) is 3.29. The first-order valence-corrected chi connectivity index (χ1v) is 9.21. The number of aromatic nitrogens is 3. The predicted octanol–water partition coefficient (Wildman–Crippen LogP) is 2.95. The first kappa shape index (κ1) is 18.4. The van der Waals surface area contributed by atoms with Gasteiger partial charge in [-0.2, -0.15) is 4.98 Å². The van der Waals surface area contributed by atoms with Crippen LogP contribution in [0.2, 0.25) is 0 Å². The van der Waals surface area contributed by atoms with Crippen LogP contribution in [0, 0.1) is 0 Å². The molecule has 2 aromatic heterocycles. The maximum Gasteiger partial charge on any atom is 0.227 e. The van der Waals surface area contributed by atoms with E-state index in [1.165, 1.54) is 0 Å². The highest BCUT2D eigenvalue weighted by Gasteiger charge is 2.30. The molecule has 3 heterocycles. The molecule has 0 aliphatic carbocycles. The molecule has 1 aliphatic heterocycles. The van der Waals surface area contributed by atoms with E-state index >= 15 is 0 Å². The molecule has 0 aromatic carbocycles. The zero-order valence-corrected chi connectivity index (χ0v) is 16.0. The maximum atomic E-state index is 12.8. The summed E-state index contributed by atoms with van der Waals surface area (Å²) in [5.74, 6) is 2.51. The number of carbonyl (C=O) groups excluding carboxylic acids is 1. The second-order valence-electron chi connectivity index (χ2n) is 7.29. The number of carbonyl (C=O) groups is 1. The van der Waals surface area contributed by atoms with Crippen LogP contribution in [0.1, 0.15) is 62.3 Å². The molecule has 1 saturated heterocycles. The standard InChI is InChI=1S/C19H27N5O2/c1-13(2)19-21-17(26-22-19)7-8-18(25)24-11-5-6-15(24)14-9-10-20-16(12-14)23(3)4/h9-10,12-13,15H,5-8,11H2,1-4H3. The van der Waals surface area contributed by atoms with Gasteiger partial charge in [0.2, 0.25) is 11.8 Å². The zero-order chi connectivity index (χ0) is 18.7. The molecule has 0 radical (unpaired) electrons. The van der Waals surface area contributed by atoms with Crippen LogP contribution in [0.5, 0.6) is 0 Å². The zero-order valence-electron chi connectivity index (χ0n) is 16.0. The minimum absolute atomic E-state index is 0.123. The third-order valence-corrected chi connectivity index (χ3v) is 4.74. The second kappa shape index (κ2) is 7.85. The van der Waals surface area contributed by atoms with Crippen LogP contribution < -0.4 is 4.90 Å². The summed E-state index contributed by atoms with van der Waals surface area (Å²) in [4.78, 5) is 25.5. The normalized spacial score (nSPS) is 17.1. The van der Waals surface area contributed by atoms with Gasteiger partial charge in [0.1, 0.15) is 5.82 Å². The van der Waals surface area contributed by atoms with Crippen LogP contribution in [0.25, 0.3) is 0 Å². The van der Waals surface area contributed by atoms with E-state index in [2.05, 4.69) is 21.2 Å². The first-order valence-electron chi connectivity index (χ1n) is 9.21. The van der Waals surface area contributed by atoms with E-state index in [0.717, 1.165) is 30.8 Å². The van der Waals surface area contributed by atoms with E-state index in [9.17, 15) is 4.79 Å². The minimum Gasteiger partial charge on any atom is -0.363 e. The van der Waals surface area contributed by atoms with Gasteiger partial charge in [0.15, 0.2) is 5.82 Å². The van der Waals surface area contributed by atoms with Crippen molar-refractivity contribution in [3.63, 3.8) is 0 Å². The van der Waals surface area contributed by atoms with E-state index < -0.39 is 0 Å². The van der Waals surface area contributed by atoms with E-state index in [1.54, 1.807) is 0 Å². The van der Waals surface area contributed by atoms with E-state index in [4.69, 9.17) is 4.52 Å². The third kappa shape index (κ3) is 4.03. The van der Waals surface area contributed by atoms with Crippen molar-refractivity contribution < 1.29 is 9.32 Å². The van der Waals surface area contributed by atoms with Gasteiger partial charge >= 0.3 is 0 Å². The summed E-state index contributed by atoms with van der Waals surface area (Å²) >= 11 is 0. The van der Waals surface area contributed by atoms with Crippen LogP contribution in [0.15, 0.2) is 22.9 Å². The Morgan fingerprint density at radius 2 is 2.23 bits per heavy atom. The average molecular weight is 357 g/mol. The van der Waals surface area contributed by atoms with Crippen molar-refractivity contribution in [2.45, 2.75) is 51.5 Å². The topological polar surface area (TPSA) is 75.4 Å². The summed E-state index contributed by atoms with van der Waals surface area (Å²) < 4.78 is 5.25. The molecule has 1 aliphatic rings. The summed E-state index contributed by atoms with van der Waals surface area (Å²) in [5.41, 5.74) is 1.15. The summed E-state index contributed by atoms with van der Waals surface area (Å²) in [6, 6.07) is 4.21. The Balaban J connectivity index is 1.65.